The highest BCUT2D eigenvalue weighted by Crippen LogP contribution is 2.20. The van der Waals surface area contributed by atoms with Crippen LogP contribution in [0.5, 0.6) is 11.5 Å². The summed E-state index contributed by atoms with van der Waals surface area (Å²) in [6, 6.07) is 14.3. The maximum atomic E-state index is 12.2. The van der Waals surface area contributed by atoms with Crippen molar-refractivity contribution in [2.24, 2.45) is 4.99 Å². The summed E-state index contributed by atoms with van der Waals surface area (Å²) >= 11 is 0. The molecule has 3 rings (SSSR count). The van der Waals surface area contributed by atoms with Crippen LogP contribution in [0, 0.1) is 0 Å². The summed E-state index contributed by atoms with van der Waals surface area (Å²) in [4.78, 5) is 21.5. The van der Waals surface area contributed by atoms with Gasteiger partial charge in [-0.15, -0.1) is 0 Å². The van der Waals surface area contributed by atoms with E-state index in [1.54, 1.807) is 19.2 Å². The fourth-order valence-corrected chi connectivity index (χ4v) is 3.44. The molecule has 0 atom stereocenters. The molecule has 2 aromatic carbocycles. The number of aliphatic imine (C=N–C) groups is 1. The molecule has 1 saturated heterocycles. The molecule has 1 heterocycles. The molecule has 0 radical (unpaired) electrons. The lowest BCUT2D eigenvalue weighted by Gasteiger charge is -2.37. The lowest BCUT2D eigenvalue weighted by molar-refractivity contribution is 0.0954. The molecule has 1 aliphatic heterocycles. The predicted molar refractivity (Wildman–Crippen MR) is 123 cm³/mol. The first-order chi connectivity index (χ1) is 15.1. The van der Waals surface area contributed by atoms with Gasteiger partial charge in [-0.2, -0.15) is 0 Å². The van der Waals surface area contributed by atoms with Crippen molar-refractivity contribution >= 4 is 17.6 Å². The minimum Gasteiger partial charge on any atom is -0.508 e. The van der Waals surface area contributed by atoms with E-state index in [2.05, 4.69) is 44.5 Å². The Labute approximate surface area is 183 Å². The van der Waals surface area contributed by atoms with Crippen LogP contribution in [0.4, 0.5) is 5.69 Å². The van der Waals surface area contributed by atoms with Crippen molar-refractivity contribution in [3.63, 3.8) is 0 Å². The number of carbonyl (C=O) groups is 1. The van der Waals surface area contributed by atoms with Gasteiger partial charge in [0.1, 0.15) is 11.5 Å². The second-order valence-electron chi connectivity index (χ2n) is 7.21. The molecule has 0 spiro atoms. The van der Waals surface area contributed by atoms with Crippen LogP contribution in [0.1, 0.15) is 17.3 Å². The number of nitrogens with zero attached hydrogens (tertiary/aromatic N) is 3. The minimum absolute atomic E-state index is 0.142. The molecular weight excluding hydrogens is 394 g/mol. The predicted octanol–water partition coefficient (Wildman–Crippen LogP) is 1.92. The van der Waals surface area contributed by atoms with Crippen molar-refractivity contribution in [1.29, 1.82) is 0 Å². The average molecular weight is 426 g/mol. The van der Waals surface area contributed by atoms with Gasteiger partial charge < -0.3 is 30.3 Å². The maximum Gasteiger partial charge on any atom is 0.251 e. The molecule has 3 N–H and O–H groups in total. The molecule has 1 aliphatic rings. The number of phenols is 1. The number of nitrogens with one attached hydrogen (secondary N) is 2. The van der Waals surface area contributed by atoms with Gasteiger partial charge in [0.05, 0.1) is 13.7 Å². The van der Waals surface area contributed by atoms with E-state index in [0.29, 0.717) is 18.7 Å². The first-order valence-corrected chi connectivity index (χ1v) is 10.6. The van der Waals surface area contributed by atoms with Gasteiger partial charge in [-0.05, 0) is 55.5 Å². The minimum atomic E-state index is -0.173. The summed E-state index contributed by atoms with van der Waals surface area (Å²) in [5.41, 5.74) is 1.71. The molecule has 1 fully saturated rings. The van der Waals surface area contributed by atoms with Crippen LogP contribution in [0.2, 0.25) is 0 Å². The van der Waals surface area contributed by atoms with Gasteiger partial charge in [0, 0.05) is 50.5 Å². The summed E-state index contributed by atoms with van der Waals surface area (Å²) in [6.07, 6.45) is 0. The Bertz CT molecular complexity index is 860. The van der Waals surface area contributed by atoms with Gasteiger partial charge in [-0.3, -0.25) is 9.79 Å². The van der Waals surface area contributed by atoms with E-state index in [9.17, 15) is 9.90 Å². The molecule has 0 unspecified atom stereocenters. The highest BCUT2D eigenvalue weighted by atomic mass is 16.5. The Hall–Kier alpha value is -3.42. The number of benzene rings is 2. The van der Waals surface area contributed by atoms with E-state index in [1.165, 1.54) is 17.8 Å². The Balaban J connectivity index is 1.48. The molecule has 0 aromatic heterocycles. The fourth-order valence-electron chi connectivity index (χ4n) is 3.44. The zero-order valence-electron chi connectivity index (χ0n) is 18.2. The highest BCUT2D eigenvalue weighted by molar-refractivity contribution is 5.94. The van der Waals surface area contributed by atoms with Crippen LogP contribution in [-0.4, -0.2) is 74.8 Å². The van der Waals surface area contributed by atoms with E-state index in [1.807, 2.05) is 12.1 Å². The van der Waals surface area contributed by atoms with Gasteiger partial charge in [-0.1, -0.05) is 0 Å². The van der Waals surface area contributed by atoms with Gasteiger partial charge in [0.15, 0.2) is 5.96 Å². The van der Waals surface area contributed by atoms with Crippen LogP contribution in [-0.2, 0) is 0 Å². The Kier molecular flexibility index (Phi) is 7.98. The fraction of sp³-hybridized carbons (Fsp3) is 0.391. The lowest BCUT2D eigenvalue weighted by Crippen LogP contribution is -2.52. The van der Waals surface area contributed by atoms with Crippen molar-refractivity contribution in [2.75, 3.05) is 57.8 Å². The second kappa shape index (κ2) is 11.1. The summed E-state index contributed by atoms with van der Waals surface area (Å²) in [7, 11) is 1.67. The number of aromatic hydroxyl groups is 1. The first kappa shape index (κ1) is 22.3. The summed E-state index contributed by atoms with van der Waals surface area (Å²) in [6.45, 7) is 7.34. The summed E-state index contributed by atoms with van der Waals surface area (Å²) < 4.78 is 5.24. The third kappa shape index (κ3) is 6.28. The summed E-state index contributed by atoms with van der Waals surface area (Å²) in [5, 5.41) is 15.5. The maximum absolute atomic E-state index is 12.2. The first-order valence-electron chi connectivity index (χ1n) is 10.6. The largest absolute Gasteiger partial charge is 0.508 e. The molecule has 0 saturated carbocycles. The van der Waals surface area contributed by atoms with E-state index in [0.717, 1.165) is 44.4 Å². The topological polar surface area (TPSA) is 89.4 Å². The van der Waals surface area contributed by atoms with E-state index >= 15 is 0 Å². The number of guanidine groups is 1. The van der Waals surface area contributed by atoms with Crippen LogP contribution in [0.15, 0.2) is 53.5 Å². The number of hydrogen-bond acceptors (Lipinski definition) is 5. The lowest BCUT2D eigenvalue weighted by atomic mass is 10.2. The molecule has 1 amide bonds. The third-order valence-corrected chi connectivity index (χ3v) is 5.14. The van der Waals surface area contributed by atoms with Crippen molar-refractivity contribution in [1.82, 2.24) is 15.5 Å². The zero-order chi connectivity index (χ0) is 22.1. The van der Waals surface area contributed by atoms with Gasteiger partial charge in [-0.25, -0.2) is 0 Å². The van der Waals surface area contributed by atoms with Crippen LogP contribution in [0.3, 0.4) is 0 Å². The van der Waals surface area contributed by atoms with Crippen molar-refractivity contribution in [3.05, 3.63) is 54.1 Å². The van der Waals surface area contributed by atoms with Gasteiger partial charge >= 0.3 is 0 Å². The number of carbonyl (C=O) groups excluding carboxylic acids is 1. The second-order valence-corrected chi connectivity index (χ2v) is 7.21. The standard InChI is InChI=1S/C23H31N5O3/c1-3-24-23(26-13-12-25-22(30)18-4-8-20(29)9-5-18)28-16-14-27(15-17-28)19-6-10-21(31-2)11-7-19/h4-11,29H,3,12-17H2,1-2H3,(H,24,26)(H,25,30). The Morgan fingerprint density at radius 3 is 2.32 bits per heavy atom. The molecule has 31 heavy (non-hydrogen) atoms. The molecule has 2 aromatic rings. The molecule has 0 aliphatic carbocycles. The molecule has 8 nitrogen and oxygen atoms in total. The van der Waals surface area contributed by atoms with Gasteiger partial charge in [0.25, 0.3) is 5.91 Å². The third-order valence-electron chi connectivity index (χ3n) is 5.14. The van der Waals surface area contributed by atoms with Crippen molar-refractivity contribution < 1.29 is 14.6 Å². The van der Waals surface area contributed by atoms with E-state index in [4.69, 9.17) is 4.74 Å². The van der Waals surface area contributed by atoms with E-state index < -0.39 is 0 Å². The number of rotatable bonds is 7. The average Bonchev–Trinajstić information content (AvgIpc) is 2.81. The van der Waals surface area contributed by atoms with Crippen molar-refractivity contribution in [2.45, 2.75) is 6.92 Å². The number of amides is 1. The number of piperazine rings is 1. The number of phenolic OH excluding ortho intramolecular Hbond substituents is 1. The number of anilines is 1. The van der Waals surface area contributed by atoms with Gasteiger partial charge in [0.2, 0.25) is 0 Å². The van der Waals surface area contributed by atoms with Crippen molar-refractivity contribution in [3.8, 4) is 11.5 Å². The number of ether oxygens (including phenoxy) is 1. The molecule has 8 heteroatoms. The quantitative estimate of drug-likeness (QED) is 0.357. The zero-order valence-corrected chi connectivity index (χ0v) is 18.2. The molecule has 166 valence electrons. The van der Waals surface area contributed by atoms with Crippen LogP contribution >= 0.6 is 0 Å². The number of hydrogen-bond donors (Lipinski definition) is 3. The summed E-state index contributed by atoms with van der Waals surface area (Å²) in [5.74, 6) is 1.70. The van der Waals surface area contributed by atoms with E-state index in [-0.39, 0.29) is 11.7 Å². The number of methoxy groups -OCH3 is 1. The Morgan fingerprint density at radius 2 is 1.71 bits per heavy atom. The smallest absolute Gasteiger partial charge is 0.251 e. The molecular formula is C23H31N5O3. The Morgan fingerprint density at radius 1 is 1.03 bits per heavy atom. The monoisotopic (exact) mass is 425 g/mol. The highest BCUT2D eigenvalue weighted by Gasteiger charge is 2.19. The SMILES string of the molecule is CCNC(=NCCNC(=O)c1ccc(O)cc1)N1CCN(c2ccc(OC)cc2)CC1. The normalized spacial score (nSPS) is 14.3. The van der Waals surface area contributed by atoms with Crippen LogP contribution < -0.4 is 20.3 Å². The molecule has 0 bridgehead atoms. The van der Waals surface area contributed by atoms with Crippen LogP contribution in [0.25, 0.3) is 0 Å².